The van der Waals surface area contributed by atoms with E-state index in [9.17, 15) is 9.59 Å². The first-order chi connectivity index (χ1) is 14.0. The molecule has 1 saturated carbocycles. The van der Waals surface area contributed by atoms with Crippen molar-refractivity contribution in [1.82, 2.24) is 15.1 Å². The van der Waals surface area contributed by atoms with Crippen LogP contribution in [-0.4, -0.2) is 34.2 Å². The van der Waals surface area contributed by atoms with Crippen LogP contribution in [0, 0.1) is 5.92 Å². The molecule has 7 heteroatoms. The highest BCUT2D eigenvalue weighted by molar-refractivity contribution is 6.01. The maximum absolute atomic E-state index is 12.9. The van der Waals surface area contributed by atoms with Gasteiger partial charge in [-0.3, -0.25) is 9.59 Å². The fourth-order valence-electron chi connectivity index (χ4n) is 3.69. The number of carbonyl (C=O) groups is 2. The Morgan fingerprint density at radius 3 is 2.48 bits per heavy atom. The number of hydrogen-bond acceptors (Lipinski definition) is 4. The Bertz CT molecular complexity index is 823. The normalized spacial score (nSPS) is 15.3. The Morgan fingerprint density at radius 2 is 1.86 bits per heavy atom. The van der Waals surface area contributed by atoms with Gasteiger partial charge in [0.05, 0.1) is 18.8 Å². The number of nitrogens with one attached hydrogen (secondary N) is 2. The summed E-state index contributed by atoms with van der Waals surface area (Å²) in [7, 11) is 0. The minimum atomic E-state index is -0.652. The second kappa shape index (κ2) is 9.58. The van der Waals surface area contributed by atoms with E-state index in [1.807, 2.05) is 31.5 Å². The number of amides is 2. The van der Waals surface area contributed by atoms with Gasteiger partial charge in [-0.15, -0.1) is 0 Å². The van der Waals surface area contributed by atoms with Crippen LogP contribution in [0.3, 0.4) is 0 Å². The van der Waals surface area contributed by atoms with Crippen LogP contribution in [0.1, 0.15) is 62.9 Å². The number of nitrogens with zero attached hydrogens (tertiary/aromatic N) is 2. The van der Waals surface area contributed by atoms with E-state index in [0.29, 0.717) is 29.8 Å². The Kier molecular flexibility index (Phi) is 6.90. The lowest BCUT2D eigenvalue weighted by Crippen LogP contribution is -2.47. The van der Waals surface area contributed by atoms with Crippen molar-refractivity contribution in [2.45, 2.75) is 58.5 Å². The summed E-state index contributed by atoms with van der Waals surface area (Å²) in [5, 5.41) is 10.2. The highest BCUT2D eigenvalue weighted by Gasteiger charge is 2.27. The van der Waals surface area contributed by atoms with E-state index in [-0.39, 0.29) is 17.7 Å². The molecule has 2 N–H and O–H groups in total. The van der Waals surface area contributed by atoms with Gasteiger partial charge in [0.15, 0.2) is 0 Å². The monoisotopic (exact) mass is 398 g/mol. The third-order valence-electron chi connectivity index (χ3n) is 5.26. The van der Waals surface area contributed by atoms with E-state index in [4.69, 9.17) is 4.74 Å². The molecule has 2 aromatic rings. The van der Waals surface area contributed by atoms with Crippen LogP contribution in [0.4, 0.5) is 5.82 Å². The second-order valence-corrected chi connectivity index (χ2v) is 7.74. The van der Waals surface area contributed by atoms with E-state index in [2.05, 4.69) is 15.7 Å². The van der Waals surface area contributed by atoms with Gasteiger partial charge in [0, 0.05) is 11.6 Å². The molecule has 1 aliphatic carbocycles. The van der Waals surface area contributed by atoms with Crippen molar-refractivity contribution in [3.63, 3.8) is 0 Å². The fraction of sp³-hybridized carbons (Fsp3) is 0.500. The molecule has 2 amide bonds. The number of benzene rings is 1. The average Bonchev–Trinajstić information content (AvgIpc) is 3.38. The molecule has 1 aliphatic rings. The molecule has 0 aliphatic heterocycles. The third-order valence-corrected chi connectivity index (χ3v) is 5.26. The summed E-state index contributed by atoms with van der Waals surface area (Å²) in [4.78, 5) is 25.6. The smallest absolute Gasteiger partial charge is 0.251 e. The molecule has 7 nitrogen and oxygen atoms in total. The number of rotatable bonds is 8. The first-order valence-electron chi connectivity index (χ1n) is 10.4. The quantitative estimate of drug-likeness (QED) is 0.708. The van der Waals surface area contributed by atoms with Gasteiger partial charge < -0.3 is 15.4 Å². The number of anilines is 1. The maximum Gasteiger partial charge on any atom is 0.251 e. The van der Waals surface area contributed by atoms with E-state index in [1.54, 1.807) is 30.5 Å². The van der Waals surface area contributed by atoms with Gasteiger partial charge in [0.2, 0.25) is 5.91 Å². The summed E-state index contributed by atoms with van der Waals surface area (Å²) in [5.74, 6) is 0.806. The van der Waals surface area contributed by atoms with Crippen LogP contribution < -0.4 is 15.4 Å². The molecule has 0 saturated heterocycles. The molecule has 0 bridgehead atoms. The molecule has 156 valence electrons. The SMILES string of the molecule is CCOc1ccc(C(=O)NC(C(=O)Nc2ccnn2C2CCCC2)C(C)C)cc1. The molecule has 1 aromatic carbocycles. The minimum absolute atomic E-state index is 0.0653. The summed E-state index contributed by atoms with van der Waals surface area (Å²) < 4.78 is 7.31. The van der Waals surface area contributed by atoms with Gasteiger partial charge in [-0.25, -0.2) is 4.68 Å². The largest absolute Gasteiger partial charge is 0.494 e. The predicted octanol–water partition coefficient (Wildman–Crippen LogP) is 3.79. The molecule has 1 heterocycles. The fourth-order valence-corrected chi connectivity index (χ4v) is 3.69. The maximum atomic E-state index is 12.9. The van der Waals surface area contributed by atoms with Gasteiger partial charge >= 0.3 is 0 Å². The molecule has 1 fully saturated rings. The number of hydrogen-bond donors (Lipinski definition) is 2. The third kappa shape index (κ3) is 5.16. The van der Waals surface area contributed by atoms with E-state index >= 15 is 0 Å². The van der Waals surface area contributed by atoms with Gasteiger partial charge in [-0.05, 0) is 49.9 Å². The van der Waals surface area contributed by atoms with Gasteiger partial charge in [0.1, 0.15) is 17.6 Å². The average molecular weight is 399 g/mol. The topological polar surface area (TPSA) is 85.2 Å². The van der Waals surface area contributed by atoms with Crippen molar-refractivity contribution in [2.24, 2.45) is 5.92 Å². The van der Waals surface area contributed by atoms with Crippen molar-refractivity contribution >= 4 is 17.6 Å². The lowest BCUT2D eigenvalue weighted by Gasteiger charge is -2.23. The summed E-state index contributed by atoms with van der Waals surface area (Å²) in [5.41, 5.74) is 0.489. The first-order valence-corrected chi connectivity index (χ1v) is 10.4. The zero-order chi connectivity index (χ0) is 20.8. The molecule has 1 atom stereocenters. The molecule has 1 aromatic heterocycles. The highest BCUT2D eigenvalue weighted by Crippen LogP contribution is 2.31. The molecule has 29 heavy (non-hydrogen) atoms. The summed E-state index contributed by atoms with van der Waals surface area (Å²) in [6, 6.07) is 8.39. The van der Waals surface area contributed by atoms with Crippen LogP contribution in [0.5, 0.6) is 5.75 Å². The van der Waals surface area contributed by atoms with Crippen LogP contribution in [0.2, 0.25) is 0 Å². The van der Waals surface area contributed by atoms with Crippen LogP contribution in [-0.2, 0) is 4.79 Å². The van der Waals surface area contributed by atoms with Crippen molar-refractivity contribution in [2.75, 3.05) is 11.9 Å². The molecular weight excluding hydrogens is 368 g/mol. The highest BCUT2D eigenvalue weighted by atomic mass is 16.5. The van der Waals surface area contributed by atoms with E-state index in [0.717, 1.165) is 12.8 Å². The Morgan fingerprint density at radius 1 is 1.17 bits per heavy atom. The van der Waals surface area contributed by atoms with Gasteiger partial charge in [-0.2, -0.15) is 5.10 Å². The summed E-state index contributed by atoms with van der Waals surface area (Å²) in [6.45, 7) is 6.30. The molecule has 1 unspecified atom stereocenters. The zero-order valence-corrected chi connectivity index (χ0v) is 17.4. The lowest BCUT2D eigenvalue weighted by molar-refractivity contribution is -0.118. The van der Waals surface area contributed by atoms with Gasteiger partial charge in [-0.1, -0.05) is 26.7 Å². The molecular formula is C22H30N4O3. The summed E-state index contributed by atoms with van der Waals surface area (Å²) >= 11 is 0. The molecule has 0 radical (unpaired) electrons. The molecule has 0 spiro atoms. The van der Waals surface area contributed by atoms with Crippen LogP contribution >= 0.6 is 0 Å². The zero-order valence-electron chi connectivity index (χ0n) is 17.4. The number of aromatic nitrogens is 2. The van der Waals surface area contributed by atoms with Gasteiger partial charge in [0.25, 0.3) is 5.91 Å². The summed E-state index contributed by atoms with van der Waals surface area (Å²) in [6.07, 6.45) is 6.23. The molecule has 3 rings (SSSR count). The van der Waals surface area contributed by atoms with Crippen LogP contribution in [0.15, 0.2) is 36.5 Å². The predicted molar refractivity (Wildman–Crippen MR) is 112 cm³/mol. The lowest BCUT2D eigenvalue weighted by atomic mass is 10.0. The van der Waals surface area contributed by atoms with Crippen molar-refractivity contribution < 1.29 is 14.3 Å². The Hall–Kier alpha value is -2.83. The Balaban J connectivity index is 1.67. The van der Waals surface area contributed by atoms with Crippen LogP contribution in [0.25, 0.3) is 0 Å². The standard InChI is InChI=1S/C22H30N4O3/c1-4-29-18-11-9-16(10-12-18)21(27)25-20(15(2)3)22(28)24-19-13-14-23-26(19)17-7-5-6-8-17/h9-15,17,20H,4-8H2,1-3H3,(H,24,28)(H,25,27). The van der Waals surface area contributed by atoms with Crippen molar-refractivity contribution in [1.29, 1.82) is 0 Å². The second-order valence-electron chi connectivity index (χ2n) is 7.74. The van der Waals surface area contributed by atoms with E-state index in [1.165, 1.54) is 12.8 Å². The minimum Gasteiger partial charge on any atom is -0.494 e. The number of carbonyl (C=O) groups excluding carboxylic acids is 2. The van der Waals surface area contributed by atoms with E-state index < -0.39 is 6.04 Å². The number of ether oxygens (including phenoxy) is 1. The Labute approximate surface area is 171 Å². The van der Waals surface area contributed by atoms with Crippen molar-refractivity contribution in [3.8, 4) is 5.75 Å². The van der Waals surface area contributed by atoms with Crippen molar-refractivity contribution in [3.05, 3.63) is 42.1 Å². The first kappa shape index (κ1) is 20.9.